The highest BCUT2D eigenvalue weighted by atomic mass is 32.1. The number of nitrogens with zero attached hydrogens (tertiary/aromatic N) is 5. The average molecular weight is 339 g/mol. The van der Waals surface area contributed by atoms with Crippen molar-refractivity contribution in [2.75, 3.05) is 6.54 Å². The molecule has 1 fully saturated rings. The highest BCUT2D eigenvalue weighted by Gasteiger charge is 2.30. The number of hydrogen-bond donors (Lipinski definition) is 0. The van der Waals surface area contributed by atoms with E-state index in [2.05, 4.69) is 26.9 Å². The summed E-state index contributed by atoms with van der Waals surface area (Å²) in [7, 11) is 0. The van der Waals surface area contributed by atoms with E-state index in [9.17, 15) is 4.79 Å². The first-order valence-corrected chi connectivity index (χ1v) is 8.85. The zero-order chi connectivity index (χ0) is 16.4. The molecule has 0 bridgehead atoms. The predicted octanol–water partition coefficient (Wildman–Crippen LogP) is 2.77. The molecule has 1 saturated heterocycles. The zero-order valence-electron chi connectivity index (χ0n) is 13.1. The van der Waals surface area contributed by atoms with E-state index < -0.39 is 0 Å². The van der Waals surface area contributed by atoms with Crippen LogP contribution < -0.4 is 0 Å². The van der Waals surface area contributed by atoms with E-state index in [1.165, 1.54) is 9.67 Å². The lowest BCUT2D eigenvalue weighted by Gasteiger charge is -2.23. The van der Waals surface area contributed by atoms with Gasteiger partial charge in [-0.15, -0.1) is 21.5 Å². The molecular formula is C17H17N5OS. The van der Waals surface area contributed by atoms with Gasteiger partial charge in [-0.3, -0.25) is 4.79 Å². The molecule has 0 saturated carbocycles. The van der Waals surface area contributed by atoms with Gasteiger partial charge in [-0.1, -0.05) is 36.4 Å². The maximum absolute atomic E-state index is 12.7. The van der Waals surface area contributed by atoms with E-state index in [-0.39, 0.29) is 18.5 Å². The Bertz CT molecular complexity index is 815. The van der Waals surface area contributed by atoms with Crippen molar-refractivity contribution in [3.05, 3.63) is 52.7 Å². The Morgan fingerprint density at radius 2 is 2.08 bits per heavy atom. The Labute approximate surface area is 143 Å². The standard InChI is InChI=1S/C17H17N5OS/c23-16(21-10-4-8-14(21)15-9-5-11-24-15)12-22-19-17(18-20-22)13-6-2-1-3-7-13/h1-3,5-7,9,11,14H,4,8,10,12H2. The summed E-state index contributed by atoms with van der Waals surface area (Å²) in [6.07, 6.45) is 2.06. The molecule has 1 atom stereocenters. The Morgan fingerprint density at radius 3 is 2.88 bits per heavy atom. The van der Waals surface area contributed by atoms with Crippen molar-refractivity contribution in [3.8, 4) is 11.4 Å². The second-order valence-electron chi connectivity index (χ2n) is 5.77. The van der Waals surface area contributed by atoms with Crippen LogP contribution in [0.4, 0.5) is 0 Å². The molecule has 0 N–H and O–H groups in total. The maximum atomic E-state index is 12.7. The summed E-state index contributed by atoms with van der Waals surface area (Å²) in [6, 6.07) is 14.0. The number of amides is 1. The van der Waals surface area contributed by atoms with Crippen molar-refractivity contribution >= 4 is 17.2 Å². The molecule has 0 aliphatic carbocycles. The van der Waals surface area contributed by atoms with Crippen molar-refractivity contribution in [2.24, 2.45) is 0 Å². The average Bonchev–Trinajstić information content (AvgIpc) is 3.36. The summed E-state index contributed by atoms with van der Waals surface area (Å²) in [4.78, 5) is 17.2. The van der Waals surface area contributed by atoms with Crippen LogP contribution in [-0.2, 0) is 11.3 Å². The van der Waals surface area contributed by atoms with Gasteiger partial charge in [-0.25, -0.2) is 0 Å². The molecule has 6 nitrogen and oxygen atoms in total. The number of likely N-dealkylation sites (tertiary alicyclic amines) is 1. The van der Waals surface area contributed by atoms with Gasteiger partial charge in [-0.05, 0) is 29.5 Å². The number of aromatic nitrogens is 4. The number of tetrazole rings is 1. The highest BCUT2D eigenvalue weighted by molar-refractivity contribution is 7.10. The van der Waals surface area contributed by atoms with Crippen molar-refractivity contribution in [2.45, 2.75) is 25.4 Å². The normalized spacial score (nSPS) is 17.3. The van der Waals surface area contributed by atoms with Gasteiger partial charge >= 0.3 is 0 Å². The fraction of sp³-hybridized carbons (Fsp3) is 0.294. The largest absolute Gasteiger partial charge is 0.333 e. The van der Waals surface area contributed by atoms with Crippen LogP contribution in [0, 0.1) is 0 Å². The second-order valence-corrected chi connectivity index (χ2v) is 6.75. The molecule has 4 rings (SSSR count). The van der Waals surface area contributed by atoms with Gasteiger partial charge in [0.25, 0.3) is 0 Å². The number of benzene rings is 1. The minimum absolute atomic E-state index is 0.0444. The van der Waals surface area contributed by atoms with Crippen molar-refractivity contribution in [1.82, 2.24) is 25.1 Å². The molecule has 1 aliphatic heterocycles. The summed E-state index contributed by atoms with van der Waals surface area (Å²) >= 11 is 1.70. The lowest BCUT2D eigenvalue weighted by molar-refractivity contribution is -0.133. The molecule has 1 unspecified atom stereocenters. The molecule has 7 heteroatoms. The van der Waals surface area contributed by atoms with Crippen molar-refractivity contribution in [3.63, 3.8) is 0 Å². The number of thiophene rings is 1. The molecule has 1 amide bonds. The third-order valence-electron chi connectivity index (χ3n) is 4.21. The monoisotopic (exact) mass is 339 g/mol. The van der Waals surface area contributed by atoms with Crippen LogP contribution in [0.1, 0.15) is 23.8 Å². The zero-order valence-corrected chi connectivity index (χ0v) is 13.9. The van der Waals surface area contributed by atoms with E-state index in [0.717, 1.165) is 24.9 Å². The Hall–Kier alpha value is -2.54. The van der Waals surface area contributed by atoms with Gasteiger partial charge in [0.15, 0.2) is 0 Å². The second kappa shape index (κ2) is 6.52. The Morgan fingerprint density at radius 1 is 1.21 bits per heavy atom. The summed E-state index contributed by atoms with van der Waals surface area (Å²) in [5, 5.41) is 14.5. The molecule has 24 heavy (non-hydrogen) atoms. The number of hydrogen-bond acceptors (Lipinski definition) is 5. The summed E-state index contributed by atoms with van der Waals surface area (Å²) in [5.41, 5.74) is 0.897. The van der Waals surface area contributed by atoms with Crippen LogP contribution in [0.3, 0.4) is 0 Å². The van der Waals surface area contributed by atoms with Crippen molar-refractivity contribution < 1.29 is 4.79 Å². The third-order valence-corrected chi connectivity index (χ3v) is 5.18. The van der Waals surface area contributed by atoms with E-state index in [1.807, 2.05) is 41.3 Å². The first-order valence-electron chi connectivity index (χ1n) is 7.97. The summed E-state index contributed by atoms with van der Waals surface area (Å²) in [5.74, 6) is 0.586. The van der Waals surface area contributed by atoms with Crippen LogP contribution >= 0.6 is 11.3 Å². The first-order chi connectivity index (χ1) is 11.8. The van der Waals surface area contributed by atoms with E-state index in [0.29, 0.717) is 5.82 Å². The van der Waals surface area contributed by atoms with Crippen LogP contribution in [0.25, 0.3) is 11.4 Å². The molecule has 1 aromatic carbocycles. The lowest BCUT2D eigenvalue weighted by Crippen LogP contribution is -2.33. The number of carbonyl (C=O) groups excluding carboxylic acids is 1. The predicted molar refractivity (Wildman–Crippen MR) is 91.3 cm³/mol. The first kappa shape index (κ1) is 15.0. The van der Waals surface area contributed by atoms with Crippen LogP contribution in [-0.4, -0.2) is 37.6 Å². The van der Waals surface area contributed by atoms with Gasteiger partial charge in [0, 0.05) is 17.0 Å². The molecule has 1 aliphatic rings. The number of rotatable bonds is 4. The van der Waals surface area contributed by atoms with E-state index >= 15 is 0 Å². The number of carbonyl (C=O) groups is 1. The van der Waals surface area contributed by atoms with Crippen LogP contribution in [0.15, 0.2) is 47.8 Å². The Kier molecular flexibility index (Phi) is 4.08. The van der Waals surface area contributed by atoms with Gasteiger partial charge in [0.05, 0.1) is 6.04 Å². The molecule has 2 aromatic heterocycles. The van der Waals surface area contributed by atoms with E-state index in [1.54, 1.807) is 11.3 Å². The van der Waals surface area contributed by atoms with Gasteiger partial charge in [-0.2, -0.15) is 4.80 Å². The molecule has 3 heterocycles. The van der Waals surface area contributed by atoms with Crippen LogP contribution in [0.5, 0.6) is 0 Å². The van der Waals surface area contributed by atoms with Gasteiger partial charge in [0.2, 0.25) is 11.7 Å². The fourth-order valence-electron chi connectivity index (χ4n) is 3.07. The van der Waals surface area contributed by atoms with Gasteiger partial charge < -0.3 is 4.90 Å². The van der Waals surface area contributed by atoms with Crippen LogP contribution in [0.2, 0.25) is 0 Å². The molecule has 122 valence electrons. The third kappa shape index (κ3) is 2.94. The summed E-state index contributed by atoms with van der Waals surface area (Å²) < 4.78 is 0. The lowest BCUT2D eigenvalue weighted by atomic mass is 10.2. The SMILES string of the molecule is O=C(Cn1nnc(-c2ccccc2)n1)N1CCCC1c1cccs1. The minimum Gasteiger partial charge on any atom is -0.333 e. The molecule has 3 aromatic rings. The van der Waals surface area contributed by atoms with E-state index in [4.69, 9.17) is 0 Å². The maximum Gasteiger partial charge on any atom is 0.246 e. The van der Waals surface area contributed by atoms with Crippen molar-refractivity contribution in [1.29, 1.82) is 0 Å². The minimum atomic E-state index is 0.0444. The summed E-state index contributed by atoms with van der Waals surface area (Å²) in [6.45, 7) is 0.920. The molecule has 0 radical (unpaired) electrons. The molecular weight excluding hydrogens is 322 g/mol. The highest BCUT2D eigenvalue weighted by Crippen LogP contribution is 2.34. The quantitative estimate of drug-likeness (QED) is 0.733. The topological polar surface area (TPSA) is 63.9 Å². The van der Waals surface area contributed by atoms with Gasteiger partial charge in [0.1, 0.15) is 6.54 Å². The molecule has 0 spiro atoms. The Balaban J connectivity index is 1.47. The fourth-order valence-corrected chi connectivity index (χ4v) is 3.94. The smallest absolute Gasteiger partial charge is 0.246 e.